The van der Waals surface area contributed by atoms with Crippen molar-refractivity contribution in [1.82, 2.24) is 15.3 Å². The van der Waals surface area contributed by atoms with Gasteiger partial charge in [-0.1, -0.05) is 40.2 Å². The van der Waals surface area contributed by atoms with Gasteiger partial charge in [-0.15, -0.1) is 0 Å². The summed E-state index contributed by atoms with van der Waals surface area (Å²) in [6.07, 6.45) is 1.08. The van der Waals surface area contributed by atoms with E-state index in [0.29, 0.717) is 0 Å². The lowest BCUT2D eigenvalue weighted by Crippen LogP contribution is -2.59. The molecule has 1 atom stereocenters. The van der Waals surface area contributed by atoms with E-state index < -0.39 is 0 Å². The van der Waals surface area contributed by atoms with Crippen LogP contribution in [-0.2, 0) is 12.1 Å². The van der Waals surface area contributed by atoms with Gasteiger partial charge in [0.05, 0.1) is 19.3 Å². The van der Waals surface area contributed by atoms with Gasteiger partial charge in [-0.3, -0.25) is 4.90 Å². The molecule has 2 aromatic rings. The molecule has 3 rings (SSSR count). The minimum atomic E-state index is -0.0389. The summed E-state index contributed by atoms with van der Waals surface area (Å²) in [6, 6.07) is 16.9. The molecule has 1 unspecified atom stereocenters. The molecular formula is C20H26BrN3O. The van der Waals surface area contributed by atoms with Crippen LogP contribution < -0.4 is 10.2 Å². The van der Waals surface area contributed by atoms with Gasteiger partial charge in [0.15, 0.2) is 0 Å². The van der Waals surface area contributed by atoms with E-state index in [2.05, 4.69) is 81.6 Å². The Kier molecular flexibility index (Phi) is 5.79. The molecule has 1 aliphatic heterocycles. The number of hydrazine groups is 1. The van der Waals surface area contributed by atoms with E-state index in [1.807, 2.05) is 12.1 Å². The summed E-state index contributed by atoms with van der Waals surface area (Å²) >= 11 is 3.61. The van der Waals surface area contributed by atoms with Gasteiger partial charge < -0.3 is 4.74 Å². The largest absolute Gasteiger partial charge is 0.497 e. The summed E-state index contributed by atoms with van der Waals surface area (Å²) < 4.78 is 6.36. The lowest BCUT2D eigenvalue weighted by atomic mass is 9.86. The van der Waals surface area contributed by atoms with Crippen LogP contribution in [0.1, 0.15) is 24.5 Å². The van der Waals surface area contributed by atoms with Crippen LogP contribution in [0.4, 0.5) is 0 Å². The smallest absolute Gasteiger partial charge is 0.118 e. The maximum atomic E-state index is 5.24. The van der Waals surface area contributed by atoms with E-state index in [4.69, 9.17) is 4.74 Å². The molecule has 0 amide bonds. The molecule has 1 saturated heterocycles. The molecule has 0 bridgehead atoms. The van der Waals surface area contributed by atoms with Gasteiger partial charge in [0.2, 0.25) is 0 Å². The van der Waals surface area contributed by atoms with Crippen molar-refractivity contribution in [2.45, 2.75) is 25.4 Å². The van der Waals surface area contributed by atoms with E-state index in [9.17, 15) is 0 Å². The van der Waals surface area contributed by atoms with Crippen LogP contribution in [0.25, 0.3) is 0 Å². The van der Waals surface area contributed by atoms with Crippen molar-refractivity contribution < 1.29 is 4.74 Å². The maximum Gasteiger partial charge on any atom is 0.118 e. The molecule has 1 N–H and O–H groups in total. The van der Waals surface area contributed by atoms with Crippen molar-refractivity contribution >= 4 is 15.9 Å². The van der Waals surface area contributed by atoms with Crippen LogP contribution in [0.15, 0.2) is 53.0 Å². The second kappa shape index (κ2) is 7.87. The van der Waals surface area contributed by atoms with Crippen LogP contribution in [0, 0.1) is 0 Å². The summed E-state index contributed by atoms with van der Waals surface area (Å²) in [7, 11) is 3.86. The summed E-state index contributed by atoms with van der Waals surface area (Å²) in [6.45, 7) is 5.09. The number of hydrogen-bond acceptors (Lipinski definition) is 4. The predicted octanol–water partition coefficient (Wildman–Crippen LogP) is 3.97. The molecule has 5 heteroatoms. The van der Waals surface area contributed by atoms with Crippen LogP contribution in [0.5, 0.6) is 5.75 Å². The monoisotopic (exact) mass is 403 g/mol. The van der Waals surface area contributed by atoms with Crippen molar-refractivity contribution in [2.24, 2.45) is 0 Å². The molecule has 0 aliphatic carbocycles. The van der Waals surface area contributed by atoms with Crippen LogP contribution in [0.3, 0.4) is 0 Å². The highest BCUT2D eigenvalue weighted by atomic mass is 79.9. The van der Waals surface area contributed by atoms with Crippen molar-refractivity contribution in [3.63, 3.8) is 0 Å². The van der Waals surface area contributed by atoms with Crippen LogP contribution in [-0.4, -0.2) is 37.3 Å². The lowest BCUT2D eigenvalue weighted by Gasteiger charge is -2.48. The zero-order valence-electron chi connectivity index (χ0n) is 15.1. The molecule has 1 fully saturated rings. The van der Waals surface area contributed by atoms with Gasteiger partial charge in [0, 0.05) is 17.6 Å². The lowest BCUT2D eigenvalue weighted by molar-refractivity contribution is -0.0523. The molecule has 0 radical (unpaired) electrons. The maximum absolute atomic E-state index is 5.24. The number of ether oxygens (including phenoxy) is 1. The first kappa shape index (κ1) is 18.4. The normalized spacial score (nSPS) is 22.1. The Morgan fingerprint density at radius 3 is 2.64 bits per heavy atom. The molecule has 0 saturated carbocycles. The van der Waals surface area contributed by atoms with E-state index in [1.54, 1.807) is 7.11 Å². The number of benzene rings is 2. The van der Waals surface area contributed by atoms with E-state index in [0.717, 1.165) is 36.4 Å². The number of nitrogens with one attached hydrogen (secondary N) is 1. The third kappa shape index (κ3) is 4.23. The topological polar surface area (TPSA) is 27.7 Å². The molecule has 2 aromatic carbocycles. The zero-order valence-corrected chi connectivity index (χ0v) is 16.7. The van der Waals surface area contributed by atoms with Gasteiger partial charge >= 0.3 is 0 Å². The Balaban J connectivity index is 1.77. The fourth-order valence-corrected chi connectivity index (χ4v) is 3.69. The van der Waals surface area contributed by atoms with Crippen molar-refractivity contribution in [2.75, 3.05) is 27.4 Å². The summed E-state index contributed by atoms with van der Waals surface area (Å²) in [4.78, 5) is 2.35. The summed E-state index contributed by atoms with van der Waals surface area (Å²) in [5.74, 6) is 0.889. The molecule has 134 valence electrons. The minimum Gasteiger partial charge on any atom is -0.497 e. The Morgan fingerprint density at radius 2 is 1.96 bits per heavy atom. The highest BCUT2D eigenvalue weighted by Crippen LogP contribution is 2.35. The number of rotatable bonds is 5. The van der Waals surface area contributed by atoms with E-state index in [-0.39, 0.29) is 5.54 Å². The average Bonchev–Trinajstić information content (AvgIpc) is 2.63. The second-order valence-electron chi connectivity index (χ2n) is 6.87. The average molecular weight is 404 g/mol. The Hall–Kier alpha value is -1.40. The third-order valence-corrected chi connectivity index (χ3v) is 5.53. The van der Waals surface area contributed by atoms with Gasteiger partial charge in [-0.05, 0) is 55.8 Å². The minimum absolute atomic E-state index is 0.0389. The first-order valence-electron chi connectivity index (χ1n) is 8.60. The molecule has 1 aliphatic rings. The quantitative estimate of drug-likeness (QED) is 0.816. The van der Waals surface area contributed by atoms with Crippen molar-refractivity contribution in [1.29, 1.82) is 0 Å². The first-order chi connectivity index (χ1) is 12.0. The number of nitrogens with zero attached hydrogens (tertiary/aromatic N) is 2. The molecule has 25 heavy (non-hydrogen) atoms. The predicted molar refractivity (Wildman–Crippen MR) is 105 cm³/mol. The van der Waals surface area contributed by atoms with E-state index in [1.165, 1.54) is 11.1 Å². The number of halogens is 1. The van der Waals surface area contributed by atoms with E-state index >= 15 is 0 Å². The summed E-state index contributed by atoms with van der Waals surface area (Å²) in [5.41, 5.74) is 6.18. The van der Waals surface area contributed by atoms with Crippen LogP contribution >= 0.6 is 15.9 Å². The van der Waals surface area contributed by atoms with Gasteiger partial charge in [-0.2, -0.15) is 0 Å². The third-order valence-electron chi connectivity index (χ3n) is 5.04. The molecule has 0 spiro atoms. The zero-order chi connectivity index (χ0) is 17.9. The fraction of sp³-hybridized carbons (Fsp3) is 0.400. The Morgan fingerprint density at radius 1 is 1.20 bits per heavy atom. The Labute approximate surface area is 158 Å². The van der Waals surface area contributed by atoms with Crippen LogP contribution in [0.2, 0.25) is 0 Å². The molecule has 1 heterocycles. The molecule has 4 nitrogen and oxygen atoms in total. The second-order valence-corrected chi connectivity index (χ2v) is 7.78. The molecule has 0 aromatic heterocycles. The summed E-state index contributed by atoms with van der Waals surface area (Å²) in [5, 5.41) is 2.36. The fourth-order valence-electron chi connectivity index (χ4n) is 3.29. The highest BCUT2D eigenvalue weighted by molar-refractivity contribution is 9.10. The Bertz CT molecular complexity index is 706. The van der Waals surface area contributed by atoms with Gasteiger partial charge in [-0.25, -0.2) is 10.4 Å². The first-order valence-corrected chi connectivity index (χ1v) is 9.39. The molecular weight excluding hydrogens is 378 g/mol. The van der Waals surface area contributed by atoms with Crippen molar-refractivity contribution in [3.8, 4) is 5.75 Å². The number of hydrogen-bond donors (Lipinski definition) is 1. The van der Waals surface area contributed by atoms with Gasteiger partial charge in [0.25, 0.3) is 0 Å². The number of methoxy groups -OCH3 is 1. The van der Waals surface area contributed by atoms with Gasteiger partial charge in [0.1, 0.15) is 5.75 Å². The highest BCUT2D eigenvalue weighted by Gasteiger charge is 2.37. The SMILES string of the molecule is COc1ccc(CNN2CN(C)CCC2(C)c2cccc(Br)c2)cc1. The van der Waals surface area contributed by atoms with Crippen molar-refractivity contribution in [3.05, 3.63) is 64.1 Å². The standard InChI is InChI=1S/C20H26BrN3O/c1-20(17-5-4-6-18(21)13-17)11-12-23(2)15-24(20)22-14-16-7-9-19(25-3)10-8-16/h4-10,13,22H,11-12,14-15H2,1-3H3.